The predicted octanol–water partition coefficient (Wildman–Crippen LogP) is 3.92. The number of fused-ring (bicyclic) bond motifs is 1. The van der Waals surface area contributed by atoms with Crippen LogP contribution in [0.15, 0.2) is 30.3 Å². The Hall–Kier alpha value is -3.09. The minimum absolute atomic E-state index is 0.0207. The Kier molecular flexibility index (Phi) is 4.25. The number of amides is 1. The maximum absolute atomic E-state index is 14.4. The normalized spacial score (nSPS) is 16.8. The number of nitrogens with one attached hydrogen (secondary N) is 1. The van der Waals surface area contributed by atoms with Gasteiger partial charge in [-0.25, -0.2) is 9.18 Å². The number of halogens is 1. The summed E-state index contributed by atoms with van der Waals surface area (Å²) in [6.07, 6.45) is 2.36. The van der Waals surface area contributed by atoms with Gasteiger partial charge in [0.1, 0.15) is 28.7 Å². The number of hydrogen-bond donors (Lipinski definition) is 2. The van der Waals surface area contributed by atoms with E-state index in [4.69, 9.17) is 9.47 Å². The van der Waals surface area contributed by atoms with E-state index in [9.17, 15) is 19.1 Å². The zero-order chi connectivity index (χ0) is 20.1. The zero-order valence-corrected chi connectivity index (χ0v) is 15.5. The van der Waals surface area contributed by atoms with Gasteiger partial charge in [0.2, 0.25) is 0 Å². The molecule has 2 aromatic carbocycles. The quantitative estimate of drug-likeness (QED) is 0.815. The number of aromatic carboxylic acids is 1. The molecule has 2 aliphatic rings. The topological polar surface area (TPSA) is 84.9 Å². The lowest BCUT2D eigenvalue weighted by molar-refractivity contribution is 0.0694. The molecule has 0 unspecified atom stereocenters. The van der Waals surface area contributed by atoms with Gasteiger partial charge < -0.3 is 19.9 Å². The Bertz CT molecular complexity index is 981. The van der Waals surface area contributed by atoms with Crippen LogP contribution in [0, 0.1) is 5.82 Å². The number of carboxylic acid groups (broad SMARTS) is 1. The van der Waals surface area contributed by atoms with E-state index < -0.39 is 23.3 Å². The third kappa shape index (κ3) is 3.65. The van der Waals surface area contributed by atoms with Gasteiger partial charge in [0, 0.05) is 24.1 Å². The van der Waals surface area contributed by atoms with Crippen LogP contribution in [-0.2, 0) is 6.42 Å². The van der Waals surface area contributed by atoms with Gasteiger partial charge in [-0.05, 0) is 51.0 Å². The lowest BCUT2D eigenvalue weighted by Gasteiger charge is -2.16. The van der Waals surface area contributed by atoms with Crippen molar-refractivity contribution in [1.29, 1.82) is 0 Å². The predicted molar refractivity (Wildman–Crippen MR) is 98.8 cm³/mol. The molecule has 0 atom stereocenters. The van der Waals surface area contributed by atoms with Gasteiger partial charge in [-0.1, -0.05) is 0 Å². The highest BCUT2D eigenvalue weighted by Crippen LogP contribution is 2.43. The van der Waals surface area contributed by atoms with E-state index in [0.29, 0.717) is 17.9 Å². The first-order chi connectivity index (χ1) is 13.2. The van der Waals surface area contributed by atoms with Crippen molar-refractivity contribution in [1.82, 2.24) is 5.32 Å². The van der Waals surface area contributed by atoms with Gasteiger partial charge in [-0.3, -0.25) is 4.79 Å². The van der Waals surface area contributed by atoms with Crippen LogP contribution in [0.5, 0.6) is 17.2 Å². The molecule has 1 amide bonds. The first-order valence-electron chi connectivity index (χ1n) is 9.09. The molecule has 0 aromatic heterocycles. The summed E-state index contributed by atoms with van der Waals surface area (Å²) >= 11 is 0. The van der Waals surface area contributed by atoms with E-state index in [2.05, 4.69) is 5.32 Å². The summed E-state index contributed by atoms with van der Waals surface area (Å²) in [6, 6.07) is 6.98. The molecule has 2 N–H and O–H groups in total. The summed E-state index contributed by atoms with van der Waals surface area (Å²) in [5, 5.41) is 12.1. The molecule has 0 spiro atoms. The smallest absolute Gasteiger partial charge is 0.335 e. The van der Waals surface area contributed by atoms with Crippen LogP contribution in [-0.4, -0.2) is 28.6 Å². The fraction of sp³-hybridized carbons (Fsp3) is 0.333. The van der Waals surface area contributed by atoms with Crippen LogP contribution < -0.4 is 14.8 Å². The highest BCUT2D eigenvalue weighted by molar-refractivity contribution is 5.95. The van der Waals surface area contributed by atoms with Crippen molar-refractivity contribution in [3.8, 4) is 17.2 Å². The van der Waals surface area contributed by atoms with Gasteiger partial charge >= 0.3 is 5.97 Å². The third-order valence-corrected chi connectivity index (χ3v) is 4.73. The van der Waals surface area contributed by atoms with Gasteiger partial charge in [-0.15, -0.1) is 0 Å². The first-order valence-corrected chi connectivity index (χ1v) is 9.09. The number of carboxylic acids is 1. The Morgan fingerprint density at radius 1 is 1.25 bits per heavy atom. The minimum Gasteiger partial charge on any atom is -0.487 e. The average Bonchev–Trinajstić information content (AvgIpc) is 3.34. The van der Waals surface area contributed by atoms with Crippen LogP contribution in [0.4, 0.5) is 4.39 Å². The van der Waals surface area contributed by atoms with Gasteiger partial charge in [0.05, 0.1) is 11.1 Å². The number of rotatable bonds is 5. The second-order valence-corrected chi connectivity index (χ2v) is 7.79. The minimum atomic E-state index is -1.11. The molecule has 0 saturated heterocycles. The van der Waals surface area contributed by atoms with Crippen LogP contribution in [0.2, 0.25) is 0 Å². The molecule has 4 rings (SSSR count). The SMILES string of the molecule is CC1(C)Cc2c(Oc3ccc(C(=O)NC4CC4)c(F)c3)cc(C(=O)O)cc2O1. The molecule has 0 bridgehead atoms. The van der Waals surface area contributed by atoms with Crippen molar-refractivity contribution in [2.45, 2.75) is 44.8 Å². The summed E-state index contributed by atoms with van der Waals surface area (Å²) in [6.45, 7) is 3.79. The second kappa shape index (κ2) is 6.51. The average molecular weight is 385 g/mol. The molecule has 1 fully saturated rings. The van der Waals surface area contributed by atoms with E-state index in [0.717, 1.165) is 24.5 Å². The van der Waals surface area contributed by atoms with E-state index in [1.165, 1.54) is 24.3 Å². The number of carbonyl (C=O) groups excluding carboxylic acids is 1. The molecule has 28 heavy (non-hydrogen) atoms. The number of ether oxygens (including phenoxy) is 2. The van der Waals surface area contributed by atoms with Crippen molar-refractivity contribution in [3.05, 3.63) is 52.8 Å². The fourth-order valence-electron chi connectivity index (χ4n) is 3.22. The molecule has 146 valence electrons. The molecule has 2 aromatic rings. The summed E-state index contributed by atoms with van der Waals surface area (Å²) in [5.74, 6) is -1.33. The number of benzene rings is 2. The van der Waals surface area contributed by atoms with Crippen molar-refractivity contribution >= 4 is 11.9 Å². The molecular formula is C21H20FNO5. The fourth-order valence-corrected chi connectivity index (χ4v) is 3.22. The van der Waals surface area contributed by atoms with E-state index in [1.54, 1.807) is 0 Å². The third-order valence-electron chi connectivity index (χ3n) is 4.73. The van der Waals surface area contributed by atoms with Crippen molar-refractivity contribution < 1.29 is 28.6 Å². The molecule has 7 heteroatoms. The number of carbonyl (C=O) groups is 2. The Labute approximate surface area is 161 Å². The van der Waals surface area contributed by atoms with E-state index >= 15 is 0 Å². The van der Waals surface area contributed by atoms with Gasteiger partial charge in [-0.2, -0.15) is 0 Å². The van der Waals surface area contributed by atoms with Gasteiger partial charge in [0.25, 0.3) is 5.91 Å². The van der Waals surface area contributed by atoms with Gasteiger partial charge in [0.15, 0.2) is 0 Å². The molecule has 6 nitrogen and oxygen atoms in total. The van der Waals surface area contributed by atoms with Crippen molar-refractivity contribution in [2.75, 3.05) is 0 Å². The number of hydrogen-bond acceptors (Lipinski definition) is 4. The monoisotopic (exact) mass is 385 g/mol. The first kappa shape index (κ1) is 18.3. The maximum atomic E-state index is 14.4. The van der Waals surface area contributed by atoms with Crippen molar-refractivity contribution in [2.24, 2.45) is 0 Å². The standard InChI is InChI=1S/C21H20FNO5/c1-21(2)10-15-17(7-11(20(25)26)8-18(15)28-21)27-13-5-6-14(16(22)9-13)19(24)23-12-3-4-12/h5-9,12H,3-4,10H2,1-2H3,(H,23,24)(H,25,26). The summed E-state index contributed by atoms with van der Waals surface area (Å²) in [7, 11) is 0. The van der Waals surface area contributed by atoms with E-state index in [1.807, 2.05) is 13.8 Å². The largest absolute Gasteiger partial charge is 0.487 e. The summed E-state index contributed by atoms with van der Waals surface area (Å²) in [5.41, 5.74) is 0.208. The highest BCUT2D eigenvalue weighted by Gasteiger charge is 2.34. The van der Waals surface area contributed by atoms with E-state index in [-0.39, 0.29) is 22.9 Å². The summed E-state index contributed by atoms with van der Waals surface area (Å²) < 4.78 is 26.0. The lowest BCUT2D eigenvalue weighted by atomic mass is 10.00. The second-order valence-electron chi connectivity index (χ2n) is 7.79. The highest BCUT2D eigenvalue weighted by atomic mass is 19.1. The Morgan fingerprint density at radius 2 is 2.00 bits per heavy atom. The lowest BCUT2D eigenvalue weighted by Crippen LogP contribution is -2.26. The van der Waals surface area contributed by atoms with Crippen LogP contribution >= 0.6 is 0 Å². The molecule has 1 aliphatic carbocycles. The Balaban J connectivity index is 1.63. The van der Waals surface area contributed by atoms with Crippen LogP contribution in [0.1, 0.15) is 53.0 Å². The summed E-state index contributed by atoms with van der Waals surface area (Å²) in [4.78, 5) is 23.5. The molecular weight excluding hydrogens is 365 g/mol. The van der Waals surface area contributed by atoms with Crippen LogP contribution in [0.25, 0.3) is 0 Å². The Morgan fingerprint density at radius 3 is 2.64 bits per heavy atom. The van der Waals surface area contributed by atoms with Crippen LogP contribution in [0.3, 0.4) is 0 Å². The molecule has 1 saturated carbocycles. The zero-order valence-electron chi connectivity index (χ0n) is 15.5. The van der Waals surface area contributed by atoms with Crippen molar-refractivity contribution in [3.63, 3.8) is 0 Å². The molecule has 0 radical (unpaired) electrons. The molecule has 1 aliphatic heterocycles. The maximum Gasteiger partial charge on any atom is 0.335 e. The molecule has 1 heterocycles.